The van der Waals surface area contributed by atoms with Gasteiger partial charge in [-0.1, -0.05) is 0 Å². The summed E-state index contributed by atoms with van der Waals surface area (Å²) in [5.41, 5.74) is 0. The Hall–Kier alpha value is -0.520. The SMILES string of the molecule is CC(=O)[O-].C[PH+](CC(F)(F)F)CC(F)(F)F. The fourth-order valence-corrected chi connectivity index (χ4v) is 2.24. The number of rotatable bonds is 2. The Labute approximate surface area is 89.4 Å². The third-order valence-corrected chi connectivity index (χ3v) is 3.01. The molecule has 0 aliphatic carbocycles. The normalized spacial score (nSPS) is 12.1. The van der Waals surface area contributed by atoms with E-state index in [1.54, 1.807) is 0 Å². The third kappa shape index (κ3) is 23.4. The van der Waals surface area contributed by atoms with Crippen molar-refractivity contribution in [2.45, 2.75) is 19.3 Å². The number of hydrogen-bond donors (Lipinski definition) is 0. The van der Waals surface area contributed by atoms with Crippen LogP contribution in [0.5, 0.6) is 0 Å². The Morgan fingerprint density at radius 3 is 1.38 bits per heavy atom. The van der Waals surface area contributed by atoms with E-state index in [0.29, 0.717) is 0 Å². The van der Waals surface area contributed by atoms with E-state index in [2.05, 4.69) is 0 Å². The van der Waals surface area contributed by atoms with Gasteiger partial charge in [0.25, 0.3) is 0 Å². The molecule has 0 rings (SSSR count). The number of carboxylic acids is 1. The minimum absolute atomic E-state index is 0.972. The zero-order valence-corrected chi connectivity index (χ0v) is 9.50. The lowest BCUT2D eigenvalue weighted by Crippen LogP contribution is -2.19. The molecule has 0 aliphatic rings. The molecule has 0 N–H and O–H groups in total. The van der Waals surface area contributed by atoms with Crippen molar-refractivity contribution in [1.82, 2.24) is 0 Å². The molecule has 0 aliphatic heterocycles. The maximum Gasteiger partial charge on any atom is 0.421 e. The van der Waals surface area contributed by atoms with Crippen LogP contribution in [-0.2, 0) is 4.79 Å². The molecule has 98 valence electrons. The van der Waals surface area contributed by atoms with Gasteiger partial charge in [0.05, 0.1) is 0 Å². The predicted octanol–water partition coefficient (Wildman–Crippen LogP) is 1.71. The molecule has 0 saturated carbocycles. The van der Waals surface area contributed by atoms with Crippen LogP contribution in [0.3, 0.4) is 0 Å². The average molecular weight is 272 g/mol. The molecule has 0 spiro atoms. The Morgan fingerprint density at radius 2 is 1.25 bits per heavy atom. The molecule has 0 heterocycles. The first-order valence-corrected chi connectivity index (χ1v) is 6.37. The van der Waals surface area contributed by atoms with Crippen LogP contribution < -0.4 is 5.11 Å². The number of alkyl halides is 6. The van der Waals surface area contributed by atoms with Gasteiger partial charge in [0.2, 0.25) is 0 Å². The van der Waals surface area contributed by atoms with Crippen molar-refractivity contribution in [3.63, 3.8) is 0 Å². The molecule has 16 heavy (non-hydrogen) atoms. The van der Waals surface area contributed by atoms with Crippen molar-refractivity contribution < 1.29 is 36.2 Å². The minimum atomic E-state index is -4.46. The van der Waals surface area contributed by atoms with Crippen LogP contribution in [-0.4, -0.2) is 37.3 Å². The quantitative estimate of drug-likeness (QED) is 0.567. The van der Waals surface area contributed by atoms with Crippen LogP contribution in [0.2, 0.25) is 0 Å². The van der Waals surface area contributed by atoms with Gasteiger partial charge in [-0.2, -0.15) is 26.3 Å². The molecule has 0 aromatic carbocycles. The molecule has 0 atom stereocenters. The van der Waals surface area contributed by atoms with Crippen molar-refractivity contribution in [2.75, 3.05) is 19.0 Å². The Balaban J connectivity index is 0. The van der Waals surface area contributed by atoms with Gasteiger partial charge in [-0.3, -0.25) is 0 Å². The van der Waals surface area contributed by atoms with Gasteiger partial charge in [-0.05, 0) is 6.92 Å². The van der Waals surface area contributed by atoms with E-state index in [-0.39, 0.29) is 0 Å². The molecule has 2 nitrogen and oxygen atoms in total. The maximum absolute atomic E-state index is 11.5. The van der Waals surface area contributed by atoms with Crippen molar-refractivity contribution in [3.8, 4) is 0 Å². The Bertz CT molecular complexity index is 192. The zero-order valence-electron chi connectivity index (χ0n) is 8.50. The summed E-state index contributed by atoms with van der Waals surface area (Å²) < 4.78 is 69.2. The summed E-state index contributed by atoms with van der Waals surface area (Å²) in [4.78, 5) is 8.89. The van der Waals surface area contributed by atoms with Gasteiger partial charge in [-0.25, -0.2) is 0 Å². The lowest BCUT2D eigenvalue weighted by molar-refractivity contribution is -0.302. The van der Waals surface area contributed by atoms with Gasteiger partial charge >= 0.3 is 12.4 Å². The first-order valence-electron chi connectivity index (χ1n) is 3.96. The summed E-state index contributed by atoms with van der Waals surface area (Å²) >= 11 is 0. The van der Waals surface area contributed by atoms with E-state index < -0.39 is 38.6 Å². The van der Waals surface area contributed by atoms with Crippen molar-refractivity contribution in [2.24, 2.45) is 0 Å². The molecule has 0 radical (unpaired) electrons. The van der Waals surface area contributed by atoms with E-state index in [1.165, 1.54) is 0 Å². The first-order chi connectivity index (χ1) is 6.83. The van der Waals surface area contributed by atoms with Gasteiger partial charge in [0.15, 0.2) is 12.3 Å². The summed E-state index contributed by atoms with van der Waals surface area (Å²) in [6.07, 6.45) is -11.5. The lowest BCUT2D eigenvalue weighted by atomic mass is 10.8. The molecular weight excluding hydrogens is 261 g/mol. The van der Waals surface area contributed by atoms with E-state index in [1.807, 2.05) is 0 Å². The summed E-state index contributed by atoms with van der Waals surface area (Å²) in [5.74, 6) is -1.08. The van der Waals surface area contributed by atoms with Gasteiger partial charge in [-0.15, -0.1) is 0 Å². The highest BCUT2D eigenvalue weighted by atomic mass is 31.1. The van der Waals surface area contributed by atoms with Crippen LogP contribution >= 0.6 is 7.92 Å². The molecular formula is C7H11F6O2P. The van der Waals surface area contributed by atoms with Crippen LogP contribution in [0.4, 0.5) is 26.3 Å². The monoisotopic (exact) mass is 272 g/mol. The number of carboxylic acid groups (broad SMARTS) is 1. The van der Waals surface area contributed by atoms with Gasteiger partial charge < -0.3 is 9.90 Å². The summed E-state index contributed by atoms with van der Waals surface area (Å²) in [6.45, 7) is 2.01. The van der Waals surface area contributed by atoms with Crippen LogP contribution in [0.25, 0.3) is 0 Å². The molecule has 9 heteroatoms. The highest BCUT2D eigenvalue weighted by molar-refractivity contribution is 7.56. The second-order valence-corrected chi connectivity index (χ2v) is 5.65. The van der Waals surface area contributed by atoms with Crippen LogP contribution in [0.15, 0.2) is 0 Å². The number of halogens is 6. The van der Waals surface area contributed by atoms with Gasteiger partial charge in [0, 0.05) is 20.6 Å². The Morgan fingerprint density at radius 1 is 1.06 bits per heavy atom. The number of hydrogen-bond acceptors (Lipinski definition) is 2. The average Bonchev–Trinajstić information content (AvgIpc) is 1.72. The topological polar surface area (TPSA) is 40.1 Å². The number of carbonyl (C=O) groups excluding carboxylic acids is 1. The summed E-state index contributed by atoms with van der Waals surface area (Å²) in [6, 6.07) is 0. The molecule has 0 aromatic rings. The molecule has 0 saturated heterocycles. The smallest absolute Gasteiger partial charge is 0.421 e. The highest BCUT2D eigenvalue weighted by Crippen LogP contribution is 2.42. The summed E-state index contributed by atoms with van der Waals surface area (Å²) in [5, 5.41) is 8.89. The second kappa shape index (κ2) is 6.93. The number of carbonyl (C=O) groups is 1. The standard InChI is InChI=1S/C5H7F6P.C2H4O2/c1-12(2-4(6,7)8)3-5(9,10)11;1-2(3)4/h2-3H2,1H3;1H3,(H,3,4). The molecule has 0 amide bonds. The van der Waals surface area contributed by atoms with Crippen LogP contribution in [0.1, 0.15) is 6.92 Å². The molecule has 0 aromatic heterocycles. The van der Waals surface area contributed by atoms with Crippen LogP contribution in [0, 0.1) is 0 Å². The first kappa shape index (κ1) is 17.9. The second-order valence-electron chi connectivity index (χ2n) is 3.03. The molecule has 0 bridgehead atoms. The zero-order chi connectivity index (χ0) is 13.6. The highest BCUT2D eigenvalue weighted by Gasteiger charge is 2.41. The Kier molecular flexibility index (Phi) is 7.74. The number of aliphatic carboxylic acids is 1. The third-order valence-electron chi connectivity index (χ3n) is 1.00. The van der Waals surface area contributed by atoms with Gasteiger partial charge in [0.1, 0.15) is 0 Å². The summed E-state index contributed by atoms with van der Waals surface area (Å²) in [7, 11) is -2.35. The molecule has 0 fully saturated rings. The van der Waals surface area contributed by atoms with Crippen molar-refractivity contribution in [1.29, 1.82) is 0 Å². The fourth-order valence-electron chi connectivity index (χ4n) is 0.747. The van der Waals surface area contributed by atoms with Crippen molar-refractivity contribution >= 4 is 13.9 Å². The van der Waals surface area contributed by atoms with E-state index >= 15 is 0 Å². The fraction of sp³-hybridized carbons (Fsp3) is 0.857. The molecule has 0 unspecified atom stereocenters. The maximum atomic E-state index is 11.5. The van der Waals surface area contributed by atoms with E-state index in [0.717, 1.165) is 13.6 Å². The van der Waals surface area contributed by atoms with E-state index in [4.69, 9.17) is 9.90 Å². The van der Waals surface area contributed by atoms with E-state index in [9.17, 15) is 26.3 Å². The predicted molar refractivity (Wildman–Crippen MR) is 46.8 cm³/mol. The largest absolute Gasteiger partial charge is 0.550 e. The minimum Gasteiger partial charge on any atom is -0.550 e. The van der Waals surface area contributed by atoms with Crippen molar-refractivity contribution in [3.05, 3.63) is 0 Å². The lowest BCUT2D eigenvalue weighted by Gasteiger charge is -2.10.